The summed E-state index contributed by atoms with van der Waals surface area (Å²) in [5.41, 5.74) is 0.935. The first-order chi connectivity index (χ1) is 7.72. The van der Waals surface area contributed by atoms with Crippen molar-refractivity contribution in [2.24, 2.45) is 0 Å². The van der Waals surface area contributed by atoms with Gasteiger partial charge in [-0.1, -0.05) is 12.8 Å². The Labute approximate surface area is 96.0 Å². The van der Waals surface area contributed by atoms with Crippen molar-refractivity contribution >= 4 is 5.69 Å². The summed E-state index contributed by atoms with van der Waals surface area (Å²) in [5, 5.41) is 0. The van der Waals surface area contributed by atoms with E-state index in [1.54, 1.807) is 12.1 Å². The van der Waals surface area contributed by atoms with Gasteiger partial charge in [0.2, 0.25) is 0 Å². The van der Waals surface area contributed by atoms with E-state index in [1.165, 1.54) is 32.8 Å². The highest BCUT2D eigenvalue weighted by Crippen LogP contribution is 2.29. The van der Waals surface area contributed by atoms with Crippen LogP contribution >= 0.6 is 0 Å². The molecule has 16 heavy (non-hydrogen) atoms. The normalized spacial score (nSPS) is 16.4. The predicted octanol–water partition coefficient (Wildman–Crippen LogP) is 3.21. The standard InChI is InChI=1S/C13H18FNO/c1-15(10-5-3-4-6-10)11-7-8-13(16-2)12(14)9-11/h7-10H,3-6H2,1-2H3. The zero-order chi connectivity index (χ0) is 11.5. The lowest BCUT2D eigenvalue weighted by atomic mass is 10.2. The van der Waals surface area contributed by atoms with E-state index in [9.17, 15) is 4.39 Å². The minimum atomic E-state index is -0.287. The molecule has 1 aromatic rings. The van der Waals surface area contributed by atoms with Crippen molar-refractivity contribution in [1.29, 1.82) is 0 Å². The fraction of sp³-hybridized carbons (Fsp3) is 0.538. The summed E-state index contributed by atoms with van der Waals surface area (Å²) in [6.45, 7) is 0. The second kappa shape index (κ2) is 4.73. The third kappa shape index (κ3) is 2.13. The van der Waals surface area contributed by atoms with Gasteiger partial charge in [0.1, 0.15) is 0 Å². The second-order valence-electron chi connectivity index (χ2n) is 4.37. The van der Waals surface area contributed by atoms with Crippen LogP contribution in [0.5, 0.6) is 5.75 Å². The van der Waals surface area contributed by atoms with Crippen molar-refractivity contribution in [1.82, 2.24) is 0 Å². The number of hydrogen-bond acceptors (Lipinski definition) is 2. The monoisotopic (exact) mass is 223 g/mol. The zero-order valence-electron chi connectivity index (χ0n) is 9.87. The van der Waals surface area contributed by atoms with Crippen LogP contribution in [-0.4, -0.2) is 20.2 Å². The molecule has 0 saturated heterocycles. The van der Waals surface area contributed by atoms with E-state index in [1.807, 2.05) is 13.1 Å². The van der Waals surface area contributed by atoms with Crippen LogP contribution in [0.15, 0.2) is 18.2 Å². The van der Waals surface area contributed by atoms with E-state index >= 15 is 0 Å². The van der Waals surface area contributed by atoms with Crippen molar-refractivity contribution in [3.8, 4) is 5.75 Å². The molecule has 1 aliphatic rings. The first-order valence-corrected chi connectivity index (χ1v) is 5.78. The van der Waals surface area contributed by atoms with E-state index in [-0.39, 0.29) is 5.82 Å². The summed E-state index contributed by atoms with van der Waals surface area (Å²) in [4.78, 5) is 2.18. The highest BCUT2D eigenvalue weighted by atomic mass is 19.1. The Bertz CT molecular complexity index is 361. The number of nitrogens with zero attached hydrogens (tertiary/aromatic N) is 1. The van der Waals surface area contributed by atoms with Crippen molar-refractivity contribution in [3.05, 3.63) is 24.0 Å². The fourth-order valence-corrected chi connectivity index (χ4v) is 2.38. The third-order valence-corrected chi connectivity index (χ3v) is 3.42. The quantitative estimate of drug-likeness (QED) is 0.780. The number of hydrogen-bond donors (Lipinski definition) is 0. The van der Waals surface area contributed by atoms with Gasteiger partial charge in [0.25, 0.3) is 0 Å². The van der Waals surface area contributed by atoms with E-state index in [4.69, 9.17) is 4.74 Å². The molecule has 0 unspecified atom stereocenters. The van der Waals surface area contributed by atoms with Gasteiger partial charge in [-0.05, 0) is 25.0 Å². The zero-order valence-corrected chi connectivity index (χ0v) is 9.87. The molecule has 0 radical (unpaired) electrons. The summed E-state index contributed by atoms with van der Waals surface area (Å²) in [5.74, 6) is 0.0217. The Balaban J connectivity index is 2.16. The van der Waals surface area contributed by atoms with Crippen LogP contribution in [0.2, 0.25) is 0 Å². The lowest BCUT2D eigenvalue weighted by Crippen LogP contribution is -2.28. The van der Waals surface area contributed by atoms with Crippen LogP contribution < -0.4 is 9.64 Å². The SMILES string of the molecule is COc1ccc(N(C)C2CCCC2)cc1F. The van der Waals surface area contributed by atoms with E-state index in [0.29, 0.717) is 11.8 Å². The second-order valence-corrected chi connectivity index (χ2v) is 4.37. The van der Waals surface area contributed by atoms with Gasteiger partial charge in [0.05, 0.1) is 7.11 Å². The Kier molecular flexibility index (Phi) is 3.32. The molecule has 0 spiro atoms. The largest absolute Gasteiger partial charge is 0.494 e. The van der Waals surface area contributed by atoms with Crippen LogP contribution in [0.4, 0.5) is 10.1 Å². The summed E-state index contributed by atoms with van der Waals surface area (Å²) >= 11 is 0. The molecule has 88 valence electrons. The number of methoxy groups -OCH3 is 1. The van der Waals surface area contributed by atoms with Crippen LogP contribution in [0.1, 0.15) is 25.7 Å². The number of benzene rings is 1. The van der Waals surface area contributed by atoms with Gasteiger partial charge in [-0.15, -0.1) is 0 Å². The minimum absolute atomic E-state index is 0.287. The molecule has 0 bridgehead atoms. The molecule has 1 saturated carbocycles. The molecule has 0 aromatic heterocycles. The molecule has 1 aromatic carbocycles. The molecule has 2 nitrogen and oxygen atoms in total. The maximum absolute atomic E-state index is 13.5. The summed E-state index contributed by atoms with van der Waals surface area (Å²) in [6, 6.07) is 5.72. The summed E-state index contributed by atoms with van der Waals surface area (Å²) in [7, 11) is 3.52. The lowest BCUT2D eigenvalue weighted by Gasteiger charge is -2.26. The number of anilines is 1. The summed E-state index contributed by atoms with van der Waals surface area (Å²) in [6.07, 6.45) is 5.00. The molecule has 0 aliphatic heterocycles. The fourth-order valence-electron chi connectivity index (χ4n) is 2.38. The molecule has 0 heterocycles. The van der Waals surface area contributed by atoms with E-state index in [0.717, 1.165) is 5.69 Å². The van der Waals surface area contributed by atoms with Gasteiger partial charge in [-0.3, -0.25) is 0 Å². The van der Waals surface area contributed by atoms with Crippen LogP contribution in [0.3, 0.4) is 0 Å². The number of rotatable bonds is 3. The molecular formula is C13H18FNO. The molecular weight excluding hydrogens is 205 g/mol. The first-order valence-electron chi connectivity index (χ1n) is 5.78. The molecule has 1 fully saturated rings. The maximum atomic E-state index is 13.5. The average Bonchev–Trinajstić information content (AvgIpc) is 2.81. The average molecular weight is 223 g/mol. The molecule has 2 rings (SSSR count). The van der Waals surface area contributed by atoms with Gasteiger partial charge in [-0.25, -0.2) is 4.39 Å². The van der Waals surface area contributed by atoms with Crippen LogP contribution in [0, 0.1) is 5.82 Å². The number of halogens is 1. The number of ether oxygens (including phenoxy) is 1. The van der Waals surface area contributed by atoms with Crippen LogP contribution in [-0.2, 0) is 0 Å². The first kappa shape index (κ1) is 11.2. The topological polar surface area (TPSA) is 12.5 Å². The van der Waals surface area contributed by atoms with Crippen molar-refractivity contribution in [2.45, 2.75) is 31.7 Å². The van der Waals surface area contributed by atoms with Gasteiger partial charge < -0.3 is 9.64 Å². The lowest BCUT2D eigenvalue weighted by molar-refractivity contribution is 0.386. The molecule has 0 amide bonds. The predicted molar refractivity (Wildman–Crippen MR) is 63.6 cm³/mol. The van der Waals surface area contributed by atoms with Gasteiger partial charge in [0.15, 0.2) is 11.6 Å². The van der Waals surface area contributed by atoms with Crippen molar-refractivity contribution < 1.29 is 9.13 Å². The maximum Gasteiger partial charge on any atom is 0.167 e. The van der Waals surface area contributed by atoms with Crippen molar-refractivity contribution in [2.75, 3.05) is 19.1 Å². The highest BCUT2D eigenvalue weighted by molar-refractivity contribution is 5.50. The highest BCUT2D eigenvalue weighted by Gasteiger charge is 2.20. The van der Waals surface area contributed by atoms with Crippen LogP contribution in [0.25, 0.3) is 0 Å². The summed E-state index contributed by atoms with van der Waals surface area (Å²) < 4.78 is 18.5. The van der Waals surface area contributed by atoms with E-state index < -0.39 is 0 Å². The Morgan fingerprint density at radius 1 is 1.31 bits per heavy atom. The van der Waals surface area contributed by atoms with Gasteiger partial charge >= 0.3 is 0 Å². The third-order valence-electron chi connectivity index (χ3n) is 3.42. The smallest absolute Gasteiger partial charge is 0.167 e. The molecule has 0 atom stereocenters. The Morgan fingerprint density at radius 3 is 2.56 bits per heavy atom. The van der Waals surface area contributed by atoms with Gasteiger partial charge in [0, 0.05) is 24.8 Å². The molecule has 0 N–H and O–H groups in total. The van der Waals surface area contributed by atoms with Gasteiger partial charge in [-0.2, -0.15) is 0 Å². The van der Waals surface area contributed by atoms with Crippen molar-refractivity contribution in [3.63, 3.8) is 0 Å². The van der Waals surface area contributed by atoms with E-state index in [2.05, 4.69) is 4.90 Å². The Morgan fingerprint density at radius 2 is 2.00 bits per heavy atom. The minimum Gasteiger partial charge on any atom is -0.494 e. The molecule has 1 aliphatic carbocycles. The molecule has 3 heteroatoms. The Hall–Kier alpha value is -1.25.